The second-order valence-electron chi connectivity index (χ2n) is 9.55. The van der Waals surface area contributed by atoms with Crippen LogP contribution in [-0.2, 0) is 18.7 Å². The molecule has 0 aliphatic rings. The molecule has 0 saturated carbocycles. The summed E-state index contributed by atoms with van der Waals surface area (Å²) in [5.41, 5.74) is 0.622. The third-order valence-corrected chi connectivity index (χ3v) is 10.6. The minimum absolute atomic E-state index is 0.0881. The molecule has 0 spiro atoms. The van der Waals surface area contributed by atoms with Crippen molar-refractivity contribution in [3.63, 3.8) is 0 Å². The summed E-state index contributed by atoms with van der Waals surface area (Å²) in [6.07, 6.45) is 3.21. The molecule has 0 aliphatic heterocycles. The van der Waals surface area contributed by atoms with Gasteiger partial charge in [-0.2, -0.15) is 0 Å². The van der Waals surface area contributed by atoms with Crippen LogP contribution < -0.4 is 4.74 Å². The number of ether oxygens (including phenoxy) is 3. The maximum atomic E-state index is 11.8. The lowest BCUT2D eigenvalue weighted by molar-refractivity contribution is -0.138. The van der Waals surface area contributed by atoms with E-state index in [1.807, 2.05) is 36.4 Å². The molecule has 2 atom stereocenters. The average molecular weight is 481 g/mol. The van der Waals surface area contributed by atoms with E-state index in [0.29, 0.717) is 24.5 Å². The predicted octanol–water partition coefficient (Wildman–Crippen LogP) is 6.68. The first-order valence-corrected chi connectivity index (χ1v) is 14.6. The maximum absolute atomic E-state index is 11.8. The summed E-state index contributed by atoms with van der Waals surface area (Å²) in [7, 11) is -1.95. The molecule has 0 amide bonds. The number of hydrogen-bond donors (Lipinski definition) is 0. The molecule has 0 bridgehead atoms. The normalized spacial score (nSPS) is 14.4. The zero-order valence-corrected chi connectivity index (χ0v) is 22.7. The fourth-order valence-electron chi connectivity index (χ4n) is 2.63. The van der Waals surface area contributed by atoms with E-state index in [1.54, 1.807) is 13.8 Å². The molecule has 0 fully saturated rings. The van der Waals surface area contributed by atoms with E-state index in [9.17, 15) is 4.79 Å². The van der Waals surface area contributed by atoms with Crippen LogP contribution in [0.4, 0.5) is 0 Å². The van der Waals surface area contributed by atoms with Gasteiger partial charge in [-0.3, -0.25) is 0 Å². The molecule has 0 saturated heterocycles. The Labute approximate surface area is 200 Å². The highest BCUT2D eigenvalue weighted by Gasteiger charge is 2.38. The monoisotopic (exact) mass is 480 g/mol. The number of carbonyl (C=O) groups excluding carboxylic acids is 1. The van der Waals surface area contributed by atoms with Crippen molar-refractivity contribution < 1.29 is 23.4 Å². The number of thiocarbonyl (C=S) groups is 1. The Hall–Kier alpha value is -1.70. The topological polar surface area (TPSA) is 54.0 Å². The Balaban J connectivity index is 2.82. The molecule has 1 aromatic rings. The zero-order valence-electron chi connectivity index (χ0n) is 20.9. The van der Waals surface area contributed by atoms with Crippen LogP contribution in [0, 0.1) is 5.92 Å². The van der Waals surface area contributed by atoms with Gasteiger partial charge in [0.1, 0.15) is 11.9 Å². The number of carbonyl (C=O) groups is 1. The molecule has 1 rings (SSSR count). The van der Waals surface area contributed by atoms with Crippen LogP contribution in [0.25, 0.3) is 0 Å². The smallest absolute Gasteiger partial charge is 0.358 e. The fraction of sp³-hybridized carbons (Fsp3) is 0.600. The van der Waals surface area contributed by atoms with Crippen molar-refractivity contribution in [1.82, 2.24) is 0 Å². The fourth-order valence-corrected chi connectivity index (χ4v) is 3.86. The molecule has 0 N–H and O–H groups in total. The second-order valence-corrected chi connectivity index (χ2v) is 14.7. The number of para-hydroxylation sites is 1. The summed E-state index contributed by atoms with van der Waals surface area (Å²) >= 11 is 5.37. The maximum Gasteiger partial charge on any atom is 0.358 e. The van der Waals surface area contributed by atoms with E-state index >= 15 is 0 Å². The highest BCUT2D eigenvalue weighted by atomic mass is 32.1. The first-order chi connectivity index (χ1) is 14.9. The lowest BCUT2D eigenvalue weighted by atomic mass is 9.98. The highest BCUT2D eigenvalue weighted by molar-refractivity contribution is 7.79. The van der Waals surface area contributed by atoms with Crippen molar-refractivity contribution in [2.45, 2.75) is 78.6 Å². The zero-order chi connectivity index (χ0) is 24.4. The first kappa shape index (κ1) is 28.3. The van der Waals surface area contributed by atoms with Gasteiger partial charge in [-0.1, -0.05) is 52.0 Å². The molecular weight excluding hydrogens is 440 g/mol. The van der Waals surface area contributed by atoms with Gasteiger partial charge in [-0.05, 0) is 62.9 Å². The Morgan fingerprint density at radius 2 is 1.81 bits per heavy atom. The van der Waals surface area contributed by atoms with Gasteiger partial charge >= 0.3 is 11.2 Å². The van der Waals surface area contributed by atoms with Crippen LogP contribution in [-0.4, -0.2) is 38.8 Å². The van der Waals surface area contributed by atoms with Crippen LogP contribution in [0.1, 0.15) is 54.4 Å². The number of benzene rings is 1. The van der Waals surface area contributed by atoms with Gasteiger partial charge < -0.3 is 18.6 Å². The van der Waals surface area contributed by atoms with Crippen molar-refractivity contribution in [3.05, 3.63) is 42.0 Å². The van der Waals surface area contributed by atoms with Crippen molar-refractivity contribution in [3.8, 4) is 5.75 Å². The second kappa shape index (κ2) is 13.1. The van der Waals surface area contributed by atoms with Gasteiger partial charge in [-0.15, -0.1) is 0 Å². The van der Waals surface area contributed by atoms with Gasteiger partial charge in [-0.25, -0.2) is 4.79 Å². The van der Waals surface area contributed by atoms with Crippen LogP contribution in [0.2, 0.25) is 18.1 Å². The number of hydrogen-bond acceptors (Lipinski definition) is 6. The van der Waals surface area contributed by atoms with Gasteiger partial charge in [0.25, 0.3) is 0 Å². The number of rotatable bonds is 11. The van der Waals surface area contributed by atoms with Gasteiger partial charge in [0.05, 0.1) is 13.2 Å². The van der Waals surface area contributed by atoms with E-state index < -0.39 is 8.32 Å². The molecule has 7 heteroatoms. The van der Waals surface area contributed by atoms with E-state index in [1.165, 1.54) is 0 Å². The standard InChI is InChI=1S/C25H40O5SSi/c1-9-27-23(26)20(3)15-13-14-19(2)22(18-28-32(7,8)25(4,5)6)30-24(31)29-21-16-11-10-12-17-21/h10-12,15-17,19,22H,9,13-14,18H2,1-8H3/b20-15-/t19-,22+/m0/s1. The van der Waals surface area contributed by atoms with Crippen LogP contribution >= 0.6 is 12.2 Å². The first-order valence-electron chi connectivity index (χ1n) is 11.3. The third kappa shape index (κ3) is 9.84. The molecule has 0 aromatic heterocycles. The number of esters is 1. The van der Waals surface area contributed by atoms with Crippen LogP contribution in [0.5, 0.6) is 5.75 Å². The van der Waals surface area contributed by atoms with E-state index in [2.05, 4.69) is 40.8 Å². The molecule has 0 heterocycles. The van der Waals surface area contributed by atoms with Crippen LogP contribution in [0.15, 0.2) is 42.0 Å². The highest BCUT2D eigenvalue weighted by Crippen LogP contribution is 2.37. The minimum atomic E-state index is -1.95. The Kier molecular flexibility index (Phi) is 11.6. The molecule has 1 aromatic carbocycles. The summed E-state index contributed by atoms with van der Waals surface area (Å²) in [5.74, 6) is 0.511. The number of allylic oxidation sites excluding steroid dienone is 1. The van der Waals surface area contributed by atoms with Crippen molar-refractivity contribution in [2.24, 2.45) is 5.92 Å². The minimum Gasteiger partial charge on any atom is -0.463 e. The lowest BCUT2D eigenvalue weighted by Gasteiger charge is -2.38. The van der Waals surface area contributed by atoms with Gasteiger partial charge in [0.2, 0.25) is 0 Å². The molecule has 0 aliphatic carbocycles. The SMILES string of the molecule is CCOC(=O)/C(C)=C\CC[C@H](C)[C@@H](CO[Si](C)(C)C(C)(C)C)OC(=S)Oc1ccccc1. The van der Waals surface area contributed by atoms with E-state index in [-0.39, 0.29) is 28.3 Å². The van der Waals surface area contributed by atoms with E-state index in [4.69, 9.17) is 30.9 Å². The van der Waals surface area contributed by atoms with Crippen molar-refractivity contribution >= 4 is 31.7 Å². The van der Waals surface area contributed by atoms with Crippen LogP contribution in [0.3, 0.4) is 0 Å². The third-order valence-electron chi connectivity index (χ3n) is 5.91. The largest absolute Gasteiger partial charge is 0.463 e. The lowest BCUT2D eigenvalue weighted by Crippen LogP contribution is -2.44. The summed E-state index contributed by atoms with van der Waals surface area (Å²) in [6.45, 7) is 17.6. The summed E-state index contributed by atoms with van der Waals surface area (Å²) in [6, 6.07) is 9.36. The summed E-state index contributed by atoms with van der Waals surface area (Å²) < 4.78 is 23.2. The molecule has 0 radical (unpaired) electrons. The van der Waals surface area contributed by atoms with Crippen molar-refractivity contribution in [1.29, 1.82) is 0 Å². The summed E-state index contributed by atoms with van der Waals surface area (Å²) in [4.78, 5) is 11.8. The average Bonchev–Trinajstić information content (AvgIpc) is 2.70. The quantitative estimate of drug-likeness (QED) is 0.152. The van der Waals surface area contributed by atoms with Gasteiger partial charge in [0.15, 0.2) is 8.32 Å². The Morgan fingerprint density at radius 1 is 1.19 bits per heavy atom. The molecular formula is C25H40O5SSi. The Morgan fingerprint density at radius 3 is 2.38 bits per heavy atom. The van der Waals surface area contributed by atoms with Crippen molar-refractivity contribution in [2.75, 3.05) is 13.2 Å². The molecule has 5 nitrogen and oxygen atoms in total. The molecule has 180 valence electrons. The van der Waals surface area contributed by atoms with E-state index in [0.717, 1.165) is 12.8 Å². The van der Waals surface area contributed by atoms with Gasteiger partial charge in [0, 0.05) is 17.8 Å². The molecule has 32 heavy (non-hydrogen) atoms. The Bertz CT molecular complexity index is 755. The predicted molar refractivity (Wildman–Crippen MR) is 136 cm³/mol. The summed E-state index contributed by atoms with van der Waals surface area (Å²) in [5, 5.41) is 0.187. The molecule has 0 unspecified atom stereocenters.